The second-order valence-electron chi connectivity index (χ2n) is 4.66. The van der Waals surface area contributed by atoms with Crippen molar-refractivity contribution in [2.24, 2.45) is 0 Å². The first-order valence-corrected chi connectivity index (χ1v) is 6.02. The van der Waals surface area contributed by atoms with Gasteiger partial charge in [0.25, 0.3) is 11.6 Å². The summed E-state index contributed by atoms with van der Waals surface area (Å²) in [7, 11) is 0. The number of hydrazine groups is 1. The lowest BCUT2D eigenvalue weighted by molar-refractivity contribution is -0.469. The summed E-state index contributed by atoms with van der Waals surface area (Å²) in [6.07, 6.45) is -9.65. The third kappa shape index (κ3) is 3.24. The van der Waals surface area contributed by atoms with Crippen molar-refractivity contribution < 1.29 is 36.6 Å². The molecular weight excluding hydrogens is 329 g/mol. The number of amides is 1. The maximum Gasteiger partial charge on any atom is 0.527 e. The number of hydrogen-bond acceptors (Lipinski definition) is 5. The van der Waals surface area contributed by atoms with E-state index < -0.39 is 30.5 Å². The molecule has 1 amide bonds. The Hall–Kier alpha value is -2.27. The maximum absolute atomic E-state index is 13.8. The molecule has 1 aliphatic heterocycles. The van der Waals surface area contributed by atoms with Crippen molar-refractivity contribution in [1.82, 2.24) is 15.4 Å². The number of nitrogens with zero attached hydrogens (tertiary/aromatic N) is 2. The molecule has 0 aliphatic carbocycles. The van der Waals surface area contributed by atoms with Gasteiger partial charge < -0.3 is 5.11 Å². The summed E-state index contributed by atoms with van der Waals surface area (Å²) in [5.74, 6) is -1.23. The number of aliphatic hydroxyl groups is 1. The fraction of sp³-hybridized carbons (Fsp3) is 0.333. The number of carbonyl (C=O) groups is 1. The van der Waals surface area contributed by atoms with Crippen molar-refractivity contribution in [3.8, 4) is 0 Å². The SMILES string of the molecule is C=C1CC(O)(C(F)(F)OC(F)(F)F)N(C(=O)c2cccnc2)N1. The Morgan fingerprint density at radius 2 is 2.09 bits per heavy atom. The molecule has 0 aromatic carbocycles. The van der Waals surface area contributed by atoms with Crippen LogP contribution in [0.3, 0.4) is 0 Å². The quantitative estimate of drug-likeness (QED) is 0.821. The summed E-state index contributed by atoms with van der Waals surface area (Å²) >= 11 is 0. The minimum Gasteiger partial charge on any atom is -0.362 e. The van der Waals surface area contributed by atoms with E-state index in [-0.39, 0.29) is 16.3 Å². The first-order chi connectivity index (χ1) is 10.5. The predicted octanol–water partition coefficient (Wildman–Crippen LogP) is 1.76. The van der Waals surface area contributed by atoms with E-state index in [1.807, 2.05) is 5.43 Å². The van der Waals surface area contributed by atoms with E-state index >= 15 is 0 Å². The summed E-state index contributed by atoms with van der Waals surface area (Å²) < 4.78 is 66.8. The van der Waals surface area contributed by atoms with Crippen LogP contribution in [0.5, 0.6) is 0 Å². The predicted molar refractivity (Wildman–Crippen MR) is 64.3 cm³/mol. The van der Waals surface area contributed by atoms with Crippen molar-refractivity contribution in [2.45, 2.75) is 24.6 Å². The minimum absolute atomic E-state index is 0.0575. The van der Waals surface area contributed by atoms with Gasteiger partial charge in [-0.3, -0.25) is 15.2 Å². The molecule has 1 aromatic rings. The normalized spacial score (nSPS) is 22.2. The number of nitrogens with one attached hydrogen (secondary N) is 1. The maximum atomic E-state index is 13.8. The zero-order valence-electron chi connectivity index (χ0n) is 11.3. The Morgan fingerprint density at radius 3 is 2.61 bits per heavy atom. The highest BCUT2D eigenvalue weighted by atomic mass is 19.4. The topological polar surface area (TPSA) is 74.7 Å². The Labute approximate surface area is 126 Å². The minimum atomic E-state index is -5.73. The molecule has 0 radical (unpaired) electrons. The van der Waals surface area contributed by atoms with Gasteiger partial charge in [-0.15, -0.1) is 13.2 Å². The zero-order chi connectivity index (χ0) is 17.5. The Morgan fingerprint density at radius 1 is 1.43 bits per heavy atom. The Kier molecular flexibility index (Phi) is 4.03. The number of rotatable bonds is 3. The number of ether oxygens (including phenoxy) is 1. The third-order valence-corrected chi connectivity index (χ3v) is 2.92. The first kappa shape index (κ1) is 17.1. The van der Waals surface area contributed by atoms with Gasteiger partial charge >= 0.3 is 12.5 Å². The van der Waals surface area contributed by atoms with Crippen LogP contribution in [0.4, 0.5) is 22.0 Å². The molecular formula is C12H10F5N3O3. The van der Waals surface area contributed by atoms with Crippen LogP contribution in [0.1, 0.15) is 16.8 Å². The second-order valence-corrected chi connectivity index (χ2v) is 4.66. The molecule has 1 saturated heterocycles. The van der Waals surface area contributed by atoms with Gasteiger partial charge in [-0.2, -0.15) is 8.78 Å². The van der Waals surface area contributed by atoms with Crippen LogP contribution in [0.15, 0.2) is 36.8 Å². The fourth-order valence-electron chi connectivity index (χ4n) is 1.96. The molecule has 1 atom stereocenters. The van der Waals surface area contributed by atoms with Crippen molar-refractivity contribution in [1.29, 1.82) is 0 Å². The van der Waals surface area contributed by atoms with Crippen molar-refractivity contribution >= 4 is 5.91 Å². The molecule has 1 aromatic heterocycles. The number of alkyl halides is 5. The summed E-state index contributed by atoms with van der Waals surface area (Å²) in [5.41, 5.74) is -2.14. The van der Waals surface area contributed by atoms with Crippen LogP contribution >= 0.6 is 0 Å². The molecule has 1 aliphatic rings. The van der Waals surface area contributed by atoms with Gasteiger partial charge in [-0.1, -0.05) is 6.58 Å². The number of aromatic nitrogens is 1. The number of hydrogen-bond donors (Lipinski definition) is 2. The highest BCUT2D eigenvalue weighted by Gasteiger charge is 2.66. The molecule has 0 saturated carbocycles. The van der Waals surface area contributed by atoms with Gasteiger partial charge in [0.1, 0.15) is 0 Å². The summed E-state index contributed by atoms with van der Waals surface area (Å²) in [6.45, 7) is 3.24. The molecule has 11 heteroatoms. The monoisotopic (exact) mass is 339 g/mol. The number of carbonyl (C=O) groups excluding carboxylic acids is 1. The van der Waals surface area contributed by atoms with Crippen molar-refractivity contribution in [2.75, 3.05) is 0 Å². The van der Waals surface area contributed by atoms with E-state index in [4.69, 9.17) is 0 Å². The standard InChI is InChI=1S/C12H10F5N3O3/c1-7-5-10(22,11(13,14)23-12(15,16)17)20(19-7)9(21)8-3-2-4-18-6-8/h2-4,6,19,22H,1,5H2. The summed E-state index contributed by atoms with van der Waals surface area (Å²) in [4.78, 5) is 15.8. The van der Waals surface area contributed by atoms with Crippen LogP contribution in [0.25, 0.3) is 0 Å². The highest BCUT2D eigenvalue weighted by Crippen LogP contribution is 2.44. The van der Waals surface area contributed by atoms with Gasteiger partial charge in [0, 0.05) is 24.5 Å². The lowest BCUT2D eigenvalue weighted by Crippen LogP contribution is -2.63. The highest BCUT2D eigenvalue weighted by molar-refractivity contribution is 5.94. The second kappa shape index (κ2) is 5.42. The fourth-order valence-corrected chi connectivity index (χ4v) is 1.96. The Balaban J connectivity index is 2.38. The van der Waals surface area contributed by atoms with Crippen LogP contribution in [-0.4, -0.2) is 39.2 Å². The van der Waals surface area contributed by atoms with Gasteiger partial charge in [0.05, 0.1) is 5.56 Å². The molecule has 23 heavy (non-hydrogen) atoms. The van der Waals surface area contributed by atoms with Crippen molar-refractivity contribution in [3.05, 3.63) is 42.4 Å². The molecule has 0 spiro atoms. The number of pyridine rings is 1. The zero-order valence-corrected chi connectivity index (χ0v) is 11.3. The van der Waals surface area contributed by atoms with Crippen LogP contribution in [0.2, 0.25) is 0 Å². The van der Waals surface area contributed by atoms with Crippen LogP contribution in [-0.2, 0) is 4.74 Å². The average Bonchev–Trinajstić information content (AvgIpc) is 2.73. The van der Waals surface area contributed by atoms with E-state index in [0.29, 0.717) is 0 Å². The molecule has 2 heterocycles. The average molecular weight is 339 g/mol. The number of halogens is 5. The first-order valence-electron chi connectivity index (χ1n) is 6.02. The van der Waals surface area contributed by atoms with E-state index in [2.05, 4.69) is 16.3 Å². The van der Waals surface area contributed by atoms with Crippen molar-refractivity contribution in [3.63, 3.8) is 0 Å². The smallest absolute Gasteiger partial charge is 0.362 e. The van der Waals surface area contributed by atoms with E-state index in [1.54, 1.807) is 0 Å². The largest absolute Gasteiger partial charge is 0.527 e. The van der Waals surface area contributed by atoms with E-state index in [1.165, 1.54) is 18.3 Å². The van der Waals surface area contributed by atoms with Crippen LogP contribution < -0.4 is 5.43 Å². The molecule has 2 N–H and O–H groups in total. The molecule has 1 unspecified atom stereocenters. The molecule has 2 rings (SSSR count). The lowest BCUT2D eigenvalue weighted by atomic mass is 10.1. The van der Waals surface area contributed by atoms with Gasteiger partial charge in [-0.05, 0) is 12.1 Å². The van der Waals surface area contributed by atoms with Gasteiger partial charge in [0.2, 0.25) is 0 Å². The molecule has 6 nitrogen and oxygen atoms in total. The molecule has 126 valence electrons. The van der Waals surface area contributed by atoms with E-state index in [0.717, 1.165) is 6.20 Å². The Bertz CT molecular complexity index is 622. The molecule has 0 bridgehead atoms. The van der Waals surface area contributed by atoms with Gasteiger partial charge in [-0.25, -0.2) is 9.75 Å². The van der Waals surface area contributed by atoms with E-state index in [9.17, 15) is 31.9 Å². The van der Waals surface area contributed by atoms with Crippen LogP contribution in [0, 0.1) is 0 Å². The van der Waals surface area contributed by atoms with Gasteiger partial charge in [0.15, 0.2) is 0 Å². The molecule has 1 fully saturated rings. The third-order valence-electron chi connectivity index (χ3n) is 2.92. The summed E-state index contributed by atoms with van der Waals surface area (Å²) in [6, 6.07) is 2.49. The lowest BCUT2D eigenvalue weighted by Gasteiger charge is -2.37. The summed E-state index contributed by atoms with van der Waals surface area (Å²) in [5, 5.41) is 9.97.